The van der Waals surface area contributed by atoms with Gasteiger partial charge in [-0.25, -0.2) is 9.18 Å². The van der Waals surface area contributed by atoms with E-state index in [0.29, 0.717) is 17.1 Å². The van der Waals surface area contributed by atoms with Gasteiger partial charge in [-0.2, -0.15) is 0 Å². The summed E-state index contributed by atoms with van der Waals surface area (Å²) in [7, 11) is 1.30. The lowest BCUT2D eigenvalue weighted by Gasteiger charge is -2.14. The molecule has 0 spiro atoms. The Morgan fingerprint density at radius 2 is 2.14 bits per heavy atom. The van der Waals surface area contributed by atoms with Crippen molar-refractivity contribution >= 4 is 11.9 Å². The summed E-state index contributed by atoms with van der Waals surface area (Å²) in [5.74, 6) is -0.523. The fourth-order valence-corrected chi connectivity index (χ4v) is 2.54. The molecule has 0 unspecified atom stereocenters. The first-order chi connectivity index (χ1) is 10.2. The van der Waals surface area contributed by atoms with Crippen molar-refractivity contribution in [2.75, 3.05) is 25.1 Å². The Morgan fingerprint density at radius 1 is 1.38 bits per heavy atom. The molecule has 1 aromatic heterocycles. The van der Waals surface area contributed by atoms with Crippen LogP contribution in [0.4, 0.5) is 10.3 Å². The quantitative estimate of drug-likeness (QED) is 0.814. The van der Waals surface area contributed by atoms with Crippen molar-refractivity contribution in [1.82, 2.24) is 5.16 Å². The molecule has 110 valence electrons. The average molecular weight is 290 g/mol. The second-order valence-corrected chi connectivity index (χ2v) is 4.91. The Hall–Kier alpha value is -2.37. The van der Waals surface area contributed by atoms with Gasteiger partial charge in [0, 0.05) is 18.7 Å². The topological polar surface area (TPSA) is 55.6 Å². The zero-order valence-electron chi connectivity index (χ0n) is 11.6. The Kier molecular flexibility index (Phi) is 3.60. The number of esters is 1. The molecule has 21 heavy (non-hydrogen) atoms. The zero-order chi connectivity index (χ0) is 14.8. The summed E-state index contributed by atoms with van der Waals surface area (Å²) < 4.78 is 23.6. The first kappa shape index (κ1) is 13.6. The van der Waals surface area contributed by atoms with Gasteiger partial charge < -0.3 is 14.2 Å². The number of benzene rings is 1. The van der Waals surface area contributed by atoms with Crippen LogP contribution in [-0.4, -0.2) is 31.3 Å². The summed E-state index contributed by atoms with van der Waals surface area (Å²) in [6.45, 7) is 1.61. The zero-order valence-corrected chi connectivity index (χ0v) is 11.6. The number of carbonyl (C=O) groups is 1. The highest BCUT2D eigenvalue weighted by molar-refractivity contribution is 6.00. The SMILES string of the molecule is COC(=O)c1c(-c2cccc(F)c2)noc1N1CCCC1. The highest BCUT2D eigenvalue weighted by Crippen LogP contribution is 2.33. The molecule has 3 rings (SSSR count). The Balaban J connectivity index is 2.10. The van der Waals surface area contributed by atoms with Gasteiger partial charge in [0.2, 0.25) is 5.88 Å². The third kappa shape index (κ3) is 2.49. The lowest BCUT2D eigenvalue weighted by atomic mass is 10.1. The Labute approximate surface area is 121 Å². The average Bonchev–Trinajstić information content (AvgIpc) is 3.15. The van der Waals surface area contributed by atoms with Crippen molar-refractivity contribution in [2.45, 2.75) is 12.8 Å². The molecule has 2 heterocycles. The fraction of sp³-hybridized carbons (Fsp3) is 0.333. The predicted molar refractivity (Wildman–Crippen MR) is 74.7 cm³/mol. The normalized spacial score (nSPS) is 14.5. The molecule has 0 radical (unpaired) electrons. The van der Waals surface area contributed by atoms with Crippen LogP contribution in [0.2, 0.25) is 0 Å². The van der Waals surface area contributed by atoms with Crippen LogP contribution in [0.3, 0.4) is 0 Å². The molecule has 1 aliphatic rings. The van der Waals surface area contributed by atoms with Crippen LogP contribution in [0, 0.1) is 5.82 Å². The number of hydrogen-bond acceptors (Lipinski definition) is 5. The number of anilines is 1. The van der Waals surface area contributed by atoms with Crippen molar-refractivity contribution in [3.8, 4) is 11.3 Å². The molecule has 1 fully saturated rings. The van der Waals surface area contributed by atoms with E-state index in [0.717, 1.165) is 25.9 Å². The third-order valence-corrected chi connectivity index (χ3v) is 3.55. The molecule has 1 aliphatic heterocycles. The number of ether oxygens (including phenoxy) is 1. The minimum Gasteiger partial charge on any atom is -0.465 e. The monoisotopic (exact) mass is 290 g/mol. The molecule has 1 saturated heterocycles. The summed E-state index contributed by atoms with van der Waals surface area (Å²) in [6.07, 6.45) is 2.08. The lowest BCUT2D eigenvalue weighted by Crippen LogP contribution is -2.20. The molecule has 1 aromatic carbocycles. The van der Waals surface area contributed by atoms with Gasteiger partial charge in [0.15, 0.2) is 5.56 Å². The van der Waals surface area contributed by atoms with Gasteiger partial charge in [-0.3, -0.25) is 0 Å². The van der Waals surface area contributed by atoms with Crippen LogP contribution in [-0.2, 0) is 4.74 Å². The molecule has 6 heteroatoms. The summed E-state index contributed by atoms with van der Waals surface area (Å²) in [4.78, 5) is 14.0. The molecule has 2 aromatic rings. The Morgan fingerprint density at radius 3 is 2.81 bits per heavy atom. The number of halogens is 1. The van der Waals surface area contributed by atoms with E-state index in [-0.39, 0.29) is 5.56 Å². The fourth-order valence-electron chi connectivity index (χ4n) is 2.54. The number of aromatic nitrogens is 1. The number of carbonyl (C=O) groups excluding carboxylic acids is 1. The standard InChI is InChI=1S/C15H15FN2O3/c1-20-15(19)12-13(10-5-4-6-11(16)9-10)17-21-14(12)18-7-2-3-8-18/h4-6,9H,2-3,7-8H2,1H3. The van der Waals surface area contributed by atoms with Crippen LogP contribution in [0.25, 0.3) is 11.3 Å². The van der Waals surface area contributed by atoms with Crippen molar-refractivity contribution in [3.05, 3.63) is 35.6 Å². The maximum absolute atomic E-state index is 13.4. The molecule has 0 amide bonds. The van der Waals surface area contributed by atoms with Gasteiger partial charge in [0.25, 0.3) is 0 Å². The maximum Gasteiger partial charge on any atom is 0.345 e. The predicted octanol–water partition coefficient (Wildman–Crippen LogP) is 2.87. The van der Waals surface area contributed by atoms with E-state index in [1.54, 1.807) is 12.1 Å². The van der Waals surface area contributed by atoms with Crippen LogP contribution in [0.5, 0.6) is 0 Å². The molecular weight excluding hydrogens is 275 g/mol. The van der Waals surface area contributed by atoms with Crippen molar-refractivity contribution in [1.29, 1.82) is 0 Å². The van der Waals surface area contributed by atoms with Gasteiger partial charge >= 0.3 is 5.97 Å². The maximum atomic E-state index is 13.4. The highest BCUT2D eigenvalue weighted by atomic mass is 19.1. The van der Waals surface area contributed by atoms with E-state index in [2.05, 4.69) is 5.16 Å². The first-order valence-corrected chi connectivity index (χ1v) is 6.79. The van der Waals surface area contributed by atoms with Crippen molar-refractivity contribution in [3.63, 3.8) is 0 Å². The highest BCUT2D eigenvalue weighted by Gasteiger charge is 2.29. The van der Waals surface area contributed by atoms with E-state index in [4.69, 9.17) is 9.26 Å². The smallest absolute Gasteiger partial charge is 0.345 e. The van der Waals surface area contributed by atoms with Crippen LogP contribution in [0.1, 0.15) is 23.2 Å². The second kappa shape index (κ2) is 5.55. The molecule has 5 nitrogen and oxygen atoms in total. The van der Waals surface area contributed by atoms with E-state index in [9.17, 15) is 9.18 Å². The van der Waals surface area contributed by atoms with Gasteiger partial charge in [-0.05, 0) is 25.0 Å². The molecule has 0 N–H and O–H groups in total. The summed E-state index contributed by atoms with van der Waals surface area (Å²) in [6, 6.07) is 5.90. The van der Waals surface area contributed by atoms with Crippen LogP contribution in [0.15, 0.2) is 28.8 Å². The molecule has 0 bridgehead atoms. The summed E-state index contributed by atoms with van der Waals surface area (Å²) in [5, 5.41) is 3.96. The first-order valence-electron chi connectivity index (χ1n) is 6.79. The molecule has 0 atom stereocenters. The molecule has 0 saturated carbocycles. The van der Waals surface area contributed by atoms with Gasteiger partial charge in [0.05, 0.1) is 7.11 Å². The van der Waals surface area contributed by atoms with Crippen molar-refractivity contribution in [2.24, 2.45) is 0 Å². The number of hydrogen-bond donors (Lipinski definition) is 0. The number of rotatable bonds is 3. The van der Waals surface area contributed by atoms with E-state index in [1.807, 2.05) is 4.90 Å². The van der Waals surface area contributed by atoms with Crippen LogP contribution >= 0.6 is 0 Å². The van der Waals surface area contributed by atoms with Gasteiger partial charge in [-0.1, -0.05) is 17.3 Å². The van der Waals surface area contributed by atoms with Crippen LogP contribution < -0.4 is 4.90 Å². The minimum atomic E-state index is -0.530. The molecule has 0 aliphatic carbocycles. The van der Waals surface area contributed by atoms with Gasteiger partial charge in [0.1, 0.15) is 11.5 Å². The number of methoxy groups -OCH3 is 1. The van der Waals surface area contributed by atoms with Gasteiger partial charge in [-0.15, -0.1) is 0 Å². The summed E-state index contributed by atoms with van der Waals surface area (Å²) in [5.41, 5.74) is 1.05. The second-order valence-electron chi connectivity index (χ2n) is 4.91. The molecular formula is C15H15FN2O3. The lowest BCUT2D eigenvalue weighted by molar-refractivity contribution is 0.0601. The number of nitrogens with zero attached hydrogens (tertiary/aromatic N) is 2. The minimum absolute atomic E-state index is 0.255. The van der Waals surface area contributed by atoms with E-state index >= 15 is 0 Å². The van der Waals surface area contributed by atoms with E-state index < -0.39 is 11.8 Å². The Bertz CT molecular complexity index is 663. The van der Waals surface area contributed by atoms with E-state index in [1.165, 1.54) is 19.2 Å². The van der Waals surface area contributed by atoms with Crippen molar-refractivity contribution < 1.29 is 18.4 Å². The summed E-state index contributed by atoms with van der Waals surface area (Å²) >= 11 is 0. The largest absolute Gasteiger partial charge is 0.465 e. The third-order valence-electron chi connectivity index (χ3n) is 3.55.